The van der Waals surface area contributed by atoms with E-state index in [1.165, 1.54) is 17.4 Å². The molecule has 7 heteroatoms. The second kappa shape index (κ2) is 7.82. The summed E-state index contributed by atoms with van der Waals surface area (Å²) in [5.74, 6) is -0.000198. The number of carbonyl (C=O) groups excluding carboxylic acids is 1. The van der Waals surface area contributed by atoms with Crippen molar-refractivity contribution in [3.05, 3.63) is 70.2 Å². The summed E-state index contributed by atoms with van der Waals surface area (Å²) in [5, 5.41) is 5.55. The Labute approximate surface area is 185 Å². The number of amides is 1. The van der Waals surface area contributed by atoms with E-state index in [9.17, 15) is 9.59 Å². The van der Waals surface area contributed by atoms with E-state index in [1.807, 2.05) is 24.0 Å². The van der Waals surface area contributed by atoms with Crippen LogP contribution in [-0.2, 0) is 11.3 Å². The van der Waals surface area contributed by atoms with Crippen molar-refractivity contribution in [2.24, 2.45) is 0 Å². The average Bonchev–Trinajstić information content (AvgIpc) is 3.19. The lowest BCUT2D eigenvalue weighted by Crippen LogP contribution is -2.54. The predicted molar refractivity (Wildman–Crippen MR) is 125 cm³/mol. The standard InChI is InChI=1S/C25H26N4O3/c1-16-5-4-6-19(11-16)28-10-9-27(14-18(28)3)23(30)15-29-24-20-12-17(2)7-8-22(20)32-25(31)21(24)13-26-29/h4-8,11-13,18H,9-10,14-15H2,1-3H3/t18-/m1/s1. The van der Waals surface area contributed by atoms with Crippen molar-refractivity contribution in [2.75, 3.05) is 24.5 Å². The van der Waals surface area contributed by atoms with Gasteiger partial charge in [0.1, 0.15) is 17.5 Å². The molecule has 0 N–H and O–H groups in total. The highest BCUT2D eigenvalue weighted by atomic mass is 16.4. The van der Waals surface area contributed by atoms with Gasteiger partial charge in [-0.1, -0.05) is 23.8 Å². The van der Waals surface area contributed by atoms with Gasteiger partial charge in [0.25, 0.3) is 0 Å². The molecule has 164 valence electrons. The van der Waals surface area contributed by atoms with Crippen molar-refractivity contribution in [3.63, 3.8) is 0 Å². The van der Waals surface area contributed by atoms with E-state index < -0.39 is 5.63 Å². The topological polar surface area (TPSA) is 71.6 Å². The second-order valence-electron chi connectivity index (χ2n) is 8.67. The Bertz CT molecular complexity index is 1390. The van der Waals surface area contributed by atoms with Gasteiger partial charge in [-0.25, -0.2) is 4.79 Å². The maximum Gasteiger partial charge on any atom is 0.347 e. The number of rotatable bonds is 3. The number of anilines is 1. The molecule has 0 saturated carbocycles. The molecule has 1 aliphatic heterocycles. The number of hydrogen-bond acceptors (Lipinski definition) is 5. The summed E-state index contributed by atoms with van der Waals surface area (Å²) in [6, 6.07) is 14.3. The maximum absolute atomic E-state index is 13.2. The number of hydrogen-bond donors (Lipinski definition) is 0. The minimum Gasteiger partial charge on any atom is -0.422 e. The Morgan fingerprint density at radius 1 is 1.09 bits per heavy atom. The minimum absolute atomic E-state index is 0.000198. The Kier molecular flexibility index (Phi) is 4.96. The van der Waals surface area contributed by atoms with E-state index in [0.717, 1.165) is 17.5 Å². The molecule has 4 aromatic rings. The summed E-state index contributed by atoms with van der Waals surface area (Å²) in [5.41, 5.74) is 4.19. The Hall–Kier alpha value is -3.61. The number of aromatic nitrogens is 2. The van der Waals surface area contributed by atoms with Crippen LogP contribution in [0.3, 0.4) is 0 Å². The third kappa shape index (κ3) is 3.53. The van der Waals surface area contributed by atoms with Crippen LogP contribution in [0.1, 0.15) is 18.1 Å². The summed E-state index contributed by atoms with van der Waals surface area (Å²) < 4.78 is 7.06. The van der Waals surface area contributed by atoms with Crippen molar-refractivity contribution >= 4 is 33.5 Å². The molecule has 32 heavy (non-hydrogen) atoms. The molecular formula is C25H26N4O3. The largest absolute Gasteiger partial charge is 0.422 e. The molecule has 2 aromatic heterocycles. The number of piperazine rings is 1. The smallest absolute Gasteiger partial charge is 0.347 e. The van der Waals surface area contributed by atoms with Crippen molar-refractivity contribution in [2.45, 2.75) is 33.4 Å². The van der Waals surface area contributed by atoms with Crippen LogP contribution < -0.4 is 10.5 Å². The van der Waals surface area contributed by atoms with Crippen molar-refractivity contribution < 1.29 is 9.21 Å². The number of aryl methyl sites for hydroxylation is 2. The molecule has 0 aliphatic carbocycles. The first-order valence-corrected chi connectivity index (χ1v) is 10.9. The van der Waals surface area contributed by atoms with Crippen LogP contribution in [0.2, 0.25) is 0 Å². The molecule has 7 nitrogen and oxygen atoms in total. The number of fused-ring (bicyclic) bond motifs is 3. The fourth-order valence-corrected chi connectivity index (χ4v) is 4.61. The van der Waals surface area contributed by atoms with E-state index >= 15 is 0 Å². The second-order valence-corrected chi connectivity index (χ2v) is 8.67. The van der Waals surface area contributed by atoms with Gasteiger partial charge in [-0.3, -0.25) is 9.48 Å². The van der Waals surface area contributed by atoms with Gasteiger partial charge in [0, 0.05) is 36.7 Å². The molecule has 5 rings (SSSR count). The van der Waals surface area contributed by atoms with Crippen LogP contribution in [0, 0.1) is 13.8 Å². The SMILES string of the molecule is Cc1cccc(N2CCN(C(=O)Cn3ncc4c(=O)oc5ccc(C)cc5c43)C[C@H]2C)c1. The zero-order valence-electron chi connectivity index (χ0n) is 18.5. The lowest BCUT2D eigenvalue weighted by atomic mass is 10.1. The monoisotopic (exact) mass is 430 g/mol. The highest BCUT2D eigenvalue weighted by molar-refractivity contribution is 6.02. The molecule has 1 fully saturated rings. The molecular weight excluding hydrogens is 404 g/mol. The van der Waals surface area contributed by atoms with Crippen LogP contribution >= 0.6 is 0 Å². The van der Waals surface area contributed by atoms with E-state index in [2.05, 4.69) is 48.1 Å². The van der Waals surface area contributed by atoms with Gasteiger partial charge in [-0.2, -0.15) is 5.10 Å². The van der Waals surface area contributed by atoms with Crippen LogP contribution in [0.4, 0.5) is 5.69 Å². The average molecular weight is 431 g/mol. The first-order valence-electron chi connectivity index (χ1n) is 10.9. The maximum atomic E-state index is 13.2. The quantitative estimate of drug-likeness (QED) is 0.465. The van der Waals surface area contributed by atoms with E-state index in [0.29, 0.717) is 29.6 Å². The Morgan fingerprint density at radius 3 is 2.69 bits per heavy atom. The van der Waals surface area contributed by atoms with Crippen LogP contribution in [0.5, 0.6) is 0 Å². The van der Waals surface area contributed by atoms with Crippen molar-refractivity contribution in [3.8, 4) is 0 Å². The normalized spacial score (nSPS) is 16.8. The van der Waals surface area contributed by atoms with Gasteiger partial charge in [-0.15, -0.1) is 0 Å². The molecule has 3 heterocycles. The van der Waals surface area contributed by atoms with Crippen LogP contribution in [0.15, 0.2) is 57.9 Å². The molecule has 1 saturated heterocycles. The zero-order valence-corrected chi connectivity index (χ0v) is 18.5. The summed E-state index contributed by atoms with van der Waals surface area (Å²) in [6.45, 7) is 8.39. The van der Waals surface area contributed by atoms with Gasteiger partial charge in [0.2, 0.25) is 5.91 Å². The fraction of sp³-hybridized carbons (Fsp3) is 0.320. The lowest BCUT2D eigenvalue weighted by Gasteiger charge is -2.41. The molecule has 0 radical (unpaired) electrons. The summed E-state index contributed by atoms with van der Waals surface area (Å²) in [6.07, 6.45) is 1.49. The highest BCUT2D eigenvalue weighted by Gasteiger charge is 2.27. The summed E-state index contributed by atoms with van der Waals surface area (Å²) in [7, 11) is 0. The molecule has 0 spiro atoms. The zero-order chi connectivity index (χ0) is 22.4. The summed E-state index contributed by atoms with van der Waals surface area (Å²) >= 11 is 0. The van der Waals surface area contributed by atoms with Crippen molar-refractivity contribution in [1.29, 1.82) is 0 Å². The highest BCUT2D eigenvalue weighted by Crippen LogP contribution is 2.25. The van der Waals surface area contributed by atoms with Gasteiger partial charge >= 0.3 is 5.63 Å². The Morgan fingerprint density at radius 2 is 1.91 bits per heavy atom. The van der Waals surface area contributed by atoms with Gasteiger partial charge in [0.05, 0.1) is 11.7 Å². The van der Waals surface area contributed by atoms with Crippen LogP contribution in [-0.4, -0.2) is 46.3 Å². The molecule has 0 bridgehead atoms. The number of nitrogens with zero attached hydrogens (tertiary/aromatic N) is 4. The predicted octanol–water partition coefficient (Wildman–Crippen LogP) is 3.50. The fourth-order valence-electron chi connectivity index (χ4n) is 4.61. The molecule has 0 unspecified atom stereocenters. The molecule has 1 amide bonds. The van der Waals surface area contributed by atoms with Gasteiger partial charge in [0.15, 0.2) is 0 Å². The summed E-state index contributed by atoms with van der Waals surface area (Å²) in [4.78, 5) is 29.8. The first-order chi connectivity index (χ1) is 15.4. The molecule has 2 aromatic carbocycles. The van der Waals surface area contributed by atoms with E-state index in [4.69, 9.17) is 4.42 Å². The van der Waals surface area contributed by atoms with Crippen LogP contribution in [0.25, 0.3) is 21.9 Å². The number of carbonyl (C=O) groups is 1. The third-order valence-electron chi connectivity index (χ3n) is 6.25. The van der Waals surface area contributed by atoms with E-state index in [1.54, 1.807) is 10.7 Å². The minimum atomic E-state index is -0.435. The molecule has 1 atom stereocenters. The van der Waals surface area contributed by atoms with Crippen molar-refractivity contribution in [1.82, 2.24) is 14.7 Å². The van der Waals surface area contributed by atoms with E-state index in [-0.39, 0.29) is 18.5 Å². The van der Waals surface area contributed by atoms with Gasteiger partial charge < -0.3 is 14.2 Å². The first kappa shape index (κ1) is 20.3. The lowest BCUT2D eigenvalue weighted by molar-refractivity contribution is -0.132. The molecule has 1 aliphatic rings. The Balaban J connectivity index is 1.39. The third-order valence-corrected chi connectivity index (χ3v) is 6.25. The number of benzene rings is 2. The van der Waals surface area contributed by atoms with Gasteiger partial charge in [-0.05, 0) is 50.6 Å².